The maximum Gasteiger partial charge on any atom is 0.305 e. The Hall–Kier alpha value is -1.90. The van der Waals surface area contributed by atoms with Gasteiger partial charge in [0.25, 0.3) is 0 Å². The van der Waals surface area contributed by atoms with E-state index in [-0.39, 0.29) is 5.97 Å². The average Bonchev–Trinajstić information content (AvgIpc) is 2.35. The molecule has 1 aromatic carbocycles. The lowest BCUT2D eigenvalue weighted by Crippen LogP contribution is -1.97. The van der Waals surface area contributed by atoms with E-state index in [4.69, 9.17) is 0 Å². The van der Waals surface area contributed by atoms with Crippen molar-refractivity contribution < 1.29 is 14.3 Å². The van der Waals surface area contributed by atoms with Crippen LogP contribution in [0.25, 0.3) is 6.08 Å². The van der Waals surface area contributed by atoms with Crippen molar-refractivity contribution in [1.82, 2.24) is 0 Å². The molecule has 0 aliphatic rings. The first-order valence-corrected chi connectivity index (χ1v) is 5.05. The number of esters is 1. The first kappa shape index (κ1) is 12.2. The number of hydrogen-bond donors (Lipinski definition) is 0. The van der Waals surface area contributed by atoms with Crippen molar-refractivity contribution in [3.05, 3.63) is 41.5 Å². The molecule has 0 aliphatic heterocycles. The average molecular weight is 218 g/mol. The zero-order valence-corrected chi connectivity index (χ0v) is 9.18. The summed E-state index contributed by atoms with van der Waals surface area (Å²) in [5.41, 5.74) is 1.67. The topological polar surface area (TPSA) is 43.4 Å². The molecule has 0 aliphatic carbocycles. The van der Waals surface area contributed by atoms with Crippen LogP contribution in [0.3, 0.4) is 0 Å². The van der Waals surface area contributed by atoms with E-state index in [0.717, 1.165) is 11.8 Å². The molecule has 0 atom stereocenters. The van der Waals surface area contributed by atoms with Gasteiger partial charge in [-0.05, 0) is 12.0 Å². The van der Waals surface area contributed by atoms with Crippen LogP contribution >= 0.6 is 0 Å². The smallest absolute Gasteiger partial charge is 0.305 e. The first-order chi connectivity index (χ1) is 7.76. The molecule has 0 saturated heterocycles. The Bertz CT molecular complexity index is 377. The molecule has 0 fully saturated rings. The Morgan fingerprint density at radius 2 is 1.88 bits per heavy atom. The number of aldehydes is 1. The Kier molecular flexibility index (Phi) is 4.99. The third-order valence-corrected chi connectivity index (χ3v) is 2.13. The van der Waals surface area contributed by atoms with Gasteiger partial charge in [-0.15, -0.1) is 0 Å². The molecule has 0 N–H and O–H groups in total. The largest absolute Gasteiger partial charge is 0.469 e. The van der Waals surface area contributed by atoms with E-state index in [2.05, 4.69) is 4.74 Å². The minimum Gasteiger partial charge on any atom is -0.469 e. The summed E-state index contributed by atoms with van der Waals surface area (Å²) in [6, 6.07) is 7.23. The fourth-order valence-electron chi connectivity index (χ4n) is 1.21. The van der Waals surface area contributed by atoms with E-state index in [1.54, 1.807) is 12.1 Å². The van der Waals surface area contributed by atoms with Crippen molar-refractivity contribution in [3.8, 4) is 0 Å². The number of carbonyl (C=O) groups excluding carboxylic acids is 2. The lowest BCUT2D eigenvalue weighted by atomic mass is 10.1. The molecule has 3 heteroatoms. The van der Waals surface area contributed by atoms with E-state index in [1.165, 1.54) is 7.11 Å². The molecule has 0 amide bonds. The molecule has 0 radical (unpaired) electrons. The number of benzene rings is 1. The molecule has 0 saturated carbocycles. The minimum absolute atomic E-state index is 0.207. The summed E-state index contributed by atoms with van der Waals surface area (Å²) in [6.45, 7) is 0. The molecule has 1 rings (SSSR count). The van der Waals surface area contributed by atoms with Crippen LogP contribution < -0.4 is 0 Å². The third-order valence-electron chi connectivity index (χ3n) is 2.13. The predicted molar refractivity (Wildman–Crippen MR) is 62.1 cm³/mol. The summed E-state index contributed by atoms with van der Waals surface area (Å²) >= 11 is 0. The summed E-state index contributed by atoms with van der Waals surface area (Å²) in [6.07, 6.45) is 5.68. The first-order valence-electron chi connectivity index (χ1n) is 5.05. The van der Waals surface area contributed by atoms with Crippen LogP contribution in [-0.2, 0) is 9.53 Å². The summed E-state index contributed by atoms with van der Waals surface area (Å²) < 4.78 is 4.52. The van der Waals surface area contributed by atoms with Crippen molar-refractivity contribution in [2.45, 2.75) is 12.8 Å². The van der Waals surface area contributed by atoms with Gasteiger partial charge in [0.2, 0.25) is 0 Å². The van der Waals surface area contributed by atoms with Crippen molar-refractivity contribution in [2.24, 2.45) is 0 Å². The molecule has 0 unspecified atom stereocenters. The maximum absolute atomic E-state index is 10.8. The van der Waals surface area contributed by atoms with Gasteiger partial charge < -0.3 is 4.74 Å². The normalized spacial score (nSPS) is 10.3. The van der Waals surface area contributed by atoms with E-state index < -0.39 is 0 Å². The van der Waals surface area contributed by atoms with Crippen LogP contribution in [0.15, 0.2) is 30.3 Å². The zero-order valence-electron chi connectivity index (χ0n) is 9.18. The monoisotopic (exact) mass is 218 g/mol. The number of hydrogen-bond acceptors (Lipinski definition) is 3. The Labute approximate surface area is 94.7 Å². The second kappa shape index (κ2) is 6.56. The molecule has 1 aromatic rings. The highest BCUT2D eigenvalue weighted by atomic mass is 16.5. The number of rotatable bonds is 5. The molecule has 0 spiro atoms. The van der Waals surface area contributed by atoms with Crippen LogP contribution in [0.1, 0.15) is 28.8 Å². The maximum atomic E-state index is 10.8. The van der Waals surface area contributed by atoms with Crippen LogP contribution in [-0.4, -0.2) is 19.4 Å². The van der Waals surface area contributed by atoms with Gasteiger partial charge in [-0.3, -0.25) is 9.59 Å². The Balaban J connectivity index is 2.43. The van der Waals surface area contributed by atoms with Crippen LogP contribution in [0, 0.1) is 0 Å². The lowest BCUT2D eigenvalue weighted by Gasteiger charge is -1.95. The molecule has 84 valence electrons. The number of carbonyl (C=O) groups is 2. The van der Waals surface area contributed by atoms with E-state index >= 15 is 0 Å². The van der Waals surface area contributed by atoms with E-state index in [1.807, 2.05) is 24.3 Å². The standard InChI is InChI=1S/C13H14O3/c1-16-13(15)5-3-2-4-11-6-8-12(10-14)9-7-11/h2,4,6-10H,3,5H2,1H3. The Morgan fingerprint density at radius 3 is 2.44 bits per heavy atom. The van der Waals surface area contributed by atoms with Gasteiger partial charge in [-0.2, -0.15) is 0 Å². The highest BCUT2D eigenvalue weighted by molar-refractivity contribution is 5.75. The summed E-state index contributed by atoms with van der Waals surface area (Å²) in [4.78, 5) is 21.2. The van der Waals surface area contributed by atoms with Crippen molar-refractivity contribution >= 4 is 18.3 Å². The van der Waals surface area contributed by atoms with Crippen molar-refractivity contribution in [1.29, 1.82) is 0 Å². The lowest BCUT2D eigenvalue weighted by molar-refractivity contribution is -0.140. The van der Waals surface area contributed by atoms with Gasteiger partial charge in [-0.1, -0.05) is 36.4 Å². The van der Waals surface area contributed by atoms with Gasteiger partial charge in [-0.25, -0.2) is 0 Å². The summed E-state index contributed by atoms with van der Waals surface area (Å²) in [7, 11) is 1.38. The molecule has 0 heterocycles. The zero-order chi connectivity index (χ0) is 11.8. The second-order valence-corrected chi connectivity index (χ2v) is 3.30. The third kappa shape index (κ3) is 4.09. The van der Waals surface area contributed by atoms with Crippen LogP contribution in [0.4, 0.5) is 0 Å². The molecule has 3 nitrogen and oxygen atoms in total. The quantitative estimate of drug-likeness (QED) is 0.563. The predicted octanol–water partition coefficient (Wildman–Crippen LogP) is 2.47. The summed E-state index contributed by atoms with van der Waals surface area (Å²) in [5, 5.41) is 0. The SMILES string of the molecule is COC(=O)CCC=Cc1ccc(C=O)cc1. The molecule has 16 heavy (non-hydrogen) atoms. The van der Waals surface area contributed by atoms with Crippen LogP contribution in [0.5, 0.6) is 0 Å². The number of allylic oxidation sites excluding steroid dienone is 1. The number of methoxy groups -OCH3 is 1. The van der Waals surface area contributed by atoms with Gasteiger partial charge in [0.15, 0.2) is 0 Å². The summed E-state index contributed by atoms with van der Waals surface area (Å²) in [5.74, 6) is -0.207. The van der Waals surface area contributed by atoms with Crippen molar-refractivity contribution in [2.75, 3.05) is 7.11 Å². The fourth-order valence-corrected chi connectivity index (χ4v) is 1.21. The van der Waals surface area contributed by atoms with Crippen LogP contribution in [0.2, 0.25) is 0 Å². The molecule has 0 bridgehead atoms. The Morgan fingerprint density at radius 1 is 1.25 bits per heavy atom. The molecule has 0 aromatic heterocycles. The van der Waals surface area contributed by atoms with Gasteiger partial charge in [0.05, 0.1) is 7.11 Å². The highest BCUT2D eigenvalue weighted by Crippen LogP contribution is 2.06. The van der Waals surface area contributed by atoms with E-state index in [0.29, 0.717) is 18.4 Å². The number of ether oxygens (including phenoxy) is 1. The minimum atomic E-state index is -0.207. The van der Waals surface area contributed by atoms with E-state index in [9.17, 15) is 9.59 Å². The van der Waals surface area contributed by atoms with Gasteiger partial charge in [0, 0.05) is 12.0 Å². The molecular weight excluding hydrogens is 204 g/mol. The van der Waals surface area contributed by atoms with Crippen molar-refractivity contribution in [3.63, 3.8) is 0 Å². The van der Waals surface area contributed by atoms with Gasteiger partial charge >= 0.3 is 5.97 Å². The fraction of sp³-hybridized carbons (Fsp3) is 0.231. The highest BCUT2D eigenvalue weighted by Gasteiger charge is 1.95. The molecular formula is C13H14O3. The second-order valence-electron chi connectivity index (χ2n) is 3.30. The van der Waals surface area contributed by atoms with Gasteiger partial charge in [0.1, 0.15) is 6.29 Å².